The Bertz CT molecular complexity index is 689. The van der Waals surface area contributed by atoms with Crippen molar-refractivity contribution in [2.45, 2.75) is 6.92 Å². The minimum Gasteiger partial charge on any atom is -0.383 e. The van der Waals surface area contributed by atoms with Crippen LogP contribution < -0.4 is 5.73 Å². The van der Waals surface area contributed by atoms with Crippen molar-refractivity contribution in [3.8, 4) is 16.8 Å². The lowest BCUT2D eigenvalue weighted by Crippen LogP contribution is -2.02. The molecule has 0 atom stereocenters. The summed E-state index contributed by atoms with van der Waals surface area (Å²) in [7, 11) is 0. The van der Waals surface area contributed by atoms with E-state index in [1.165, 1.54) is 6.33 Å². The smallest absolute Gasteiger partial charge is 0.135 e. The molecular formula is C14H13N5. The van der Waals surface area contributed by atoms with E-state index in [1.54, 1.807) is 17.1 Å². The molecule has 0 saturated carbocycles. The first-order chi connectivity index (χ1) is 9.27. The molecule has 0 spiro atoms. The van der Waals surface area contributed by atoms with Crippen molar-refractivity contribution in [2.75, 3.05) is 5.73 Å². The Morgan fingerprint density at radius 1 is 1.05 bits per heavy atom. The number of nitrogens with zero attached hydrogens (tertiary/aromatic N) is 4. The number of hydrogen-bond acceptors (Lipinski definition) is 4. The third-order valence-electron chi connectivity index (χ3n) is 2.95. The third-order valence-corrected chi connectivity index (χ3v) is 2.95. The van der Waals surface area contributed by atoms with Crippen molar-refractivity contribution < 1.29 is 0 Å². The van der Waals surface area contributed by atoms with Gasteiger partial charge in [0.15, 0.2) is 0 Å². The molecule has 94 valence electrons. The van der Waals surface area contributed by atoms with E-state index in [-0.39, 0.29) is 0 Å². The van der Waals surface area contributed by atoms with Gasteiger partial charge < -0.3 is 5.73 Å². The van der Waals surface area contributed by atoms with Gasteiger partial charge in [0.05, 0.1) is 16.9 Å². The fourth-order valence-electron chi connectivity index (χ4n) is 2.10. The quantitative estimate of drug-likeness (QED) is 0.758. The molecular weight excluding hydrogens is 238 g/mol. The normalized spacial score (nSPS) is 10.6. The Kier molecular flexibility index (Phi) is 2.72. The van der Waals surface area contributed by atoms with Crippen molar-refractivity contribution in [1.82, 2.24) is 19.7 Å². The van der Waals surface area contributed by atoms with E-state index in [1.807, 2.05) is 37.3 Å². The second-order valence-electron chi connectivity index (χ2n) is 4.22. The van der Waals surface area contributed by atoms with Gasteiger partial charge in [0.25, 0.3) is 0 Å². The Labute approximate surface area is 110 Å². The number of anilines is 1. The van der Waals surface area contributed by atoms with E-state index >= 15 is 0 Å². The van der Waals surface area contributed by atoms with Crippen molar-refractivity contribution in [1.29, 1.82) is 0 Å². The summed E-state index contributed by atoms with van der Waals surface area (Å²) in [5, 5.41) is 4.49. The predicted molar refractivity (Wildman–Crippen MR) is 73.7 cm³/mol. The van der Waals surface area contributed by atoms with E-state index in [9.17, 15) is 0 Å². The van der Waals surface area contributed by atoms with Crippen LogP contribution in [0.2, 0.25) is 0 Å². The van der Waals surface area contributed by atoms with Crippen LogP contribution >= 0.6 is 0 Å². The zero-order chi connectivity index (χ0) is 13.2. The van der Waals surface area contributed by atoms with Crippen molar-refractivity contribution in [2.24, 2.45) is 0 Å². The molecule has 0 aliphatic rings. The van der Waals surface area contributed by atoms with Gasteiger partial charge >= 0.3 is 0 Å². The maximum absolute atomic E-state index is 6.21. The van der Waals surface area contributed by atoms with Gasteiger partial charge in [-0.25, -0.2) is 14.6 Å². The number of para-hydroxylation sites is 1. The molecule has 2 aromatic heterocycles. The van der Waals surface area contributed by atoms with Gasteiger partial charge in [-0.1, -0.05) is 18.2 Å². The summed E-state index contributed by atoms with van der Waals surface area (Å²) in [6, 6.07) is 9.80. The number of nitrogen functional groups attached to an aromatic ring is 1. The number of benzene rings is 1. The first kappa shape index (κ1) is 11.4. The van der Waals surface area contributed by atoms with Gasteiger partial charge in [-0.15, -0.1) is 0 Å². The molecule has 0 radical (unpaired) electrons. The first-order valence-electron chi connectivity index (χ1n) is 5.93. The van der Waals surface area contributed by atoms with Crippen LogP contribution in [0.15, 0.2) is 49.1 Å². The van der Waals surface area contributed by atoms with Gasteiger partial charge in [0, 0.05) is 18.0 Å². The molecule has 0 amide bonds. The van der Waals surface area contributed by atoms with E-state index in [4.69, 9.17) is 5.73 Å². The zero-order valence-corrected chi connectivity index (χ0v) is 10.5. The summed E-state index contributed by atoms with van der Waals surface area (Å²) in [6.07, 6.45) is 4.97. The molecule has 0 unspecified atom stereocenters. The highest BCUT2D eigenvalue weighted by Crippen LogP contribution is 2.29. The Morgan fingerprint density at radius 2 is 1.74 bits per heavy atom. The summed E-state index contributed by atoms with van der Waals surface area (Å²) in [6.45, 7) is 1.93. The molecule has 3 aromatic rings. The van der Waals surface area contributed by atoms with Crippen LogP contribution in [-0.4, -0.2) is 19.7 Å². The highest BCUT2D eigenvalue weighted by Gasteiger charge is 2.15. The van der Waals surface area contributed by atoms with Gasteiger partial charge in [-0.3, -0.25) is 0 Å². The van der Waals surface area contributed by atoms with Gasteiger partial charge in [0.1, 0.15) is 12.1 Å². The van der Waals surface area contributed by atoms with Crippen LogP contribution in [0.4, 0.5) is 5.82 Å². The lowest BCUT2D eigenvalue weighted by molar-refractivity contribution is 0.872. The third kappa shape index (κ3) is 1.95. The molecule has 0 aliphatic heterocycles. The second-order valence-corrected chi connectivity index (χ2v) is 4.22. The number of rotatable bonds is 2. The average Bonchev–Trinajstić information content (AvgIpc) is 2.76. The van der Waals surface area contributed by atoms with Crippen molar-refractivity contribution in [3.63, 3.8) is 0 Å². The van der Waals surface area contributed by atoms with Gasteiger partial charge in [-0.05, 0) is 19.1 Å². The minimum atomic E-state index is 0.596. The number of aromatic nitrogens is 4. The Hall–Kier alpha value is -2.69. The lowest BCUT2D eigenvalue weighted by Gasteiger charge is -2.04. The lowest BCUT2D eigenvalue weighted by atomic mass is 10.1. The molecule has 3 rings (SSSR count). The number of nitrogens with two attached hydrogens (primary N) is 1. The van der Waals surface area contributed by atoms with E-state index in [2.05, 4.69) is 15.1 Å². The van der Waals surface area contributed by atoms with Crippen LogP contribution in [-0.2, 0) is 0 Å². The fourth-order valence-corrected chi connectivity index (χ4v) is 2.10. The highest BCUT2D eigenvalue weighted by molar-refractivity contribution is 5.76. The molecule has 2 heterocycles. The summed E-state index contributed by atoms with van der Waals surface area (Å²) in [5.74, 6) is 0.596. The molecule has 0 saturated heterocycles. The van der Waals surface area contributed by atoms with Gasteiger partial charge in [-0.2, -0.15) is 5.10 Å². The first-order valence-corrected chi connectivity index (χ1v) is 5.93. The molecule has 0 bridgehead atoms. The monoisotopic (exact) mass is 251 g/mol. The molecule has 0 aliphatic carbocycles. The Morgan fingerprint density at radius 3 is 2.42 bits per heavy atom. The summed E-state index contributed by atoms with van der Waals surface area (Å²) in [4.78, 5) is 8.04. The predicted octanol–water partition coefficient (Wildman–Crippen LogP) is 2.22. The molecule has 0 fully saturated rings. The SMILES string of the molecule is Cc1nn(-c2ccccc2)c(N)c1-c1cncnc1. The van der Waals surface area contributed by atoms with Crippen LogP contribution in [0.1, 0.15) is 5.69 Å². The topological polar surface area (TPSA) is 69.6 Å². The summed E-state index contributed by atoms with van der Waals surface area (Å²) in [5.41, 5.74) is 9.76. The molecule has 5 heteroatoms. The minimum absolute atomic E-state index is 0.596. The van der Waals surface area contributed by atoms with E-state index in [0.717, 1.165) is 22.5 Å². The van der Waals surface area contributed by atoms with Gasteiger partial charge in [0.2, 0.25) is 0 Å². The molecule has 2 N–H and O–H groups in total. The Balaban J connectivity index is 2.17. The second kappa shape index (κ2) is 4.53. The molecule has 5 nitrogen and oxygen atoms in total. The van der Waals surface area contributed by atoms with Crippen LogP contribution in [0, 0.1) is 6.92 Å². The summed E-state index contributed by atoms with van der Waals surface area (Å²) < 4.78 is 1.73. The van der Waals surface area contributed by atoms with Crippen LogP contribution in [0.25, 0.3) is 16.8 Å². The van der Waals surface area contributed by atoms with E-state index in [0.29, 0.717) is 5.82 Å². The van der Waals surface area contributed by atoms with Crippen LogP contribution in [0.3, 0.4) is 0 Å². The van der Waals surface area contributed by atoms with Crippen molar-refractivity contribution in [3.05, 3.63) is 54.7 Å². The van der Waals surface area contributed by atoms with Crippen LogP contribution in [0.5, 0.6) is 0 Å². The maximum Gasteiger partial charge on any atom is 0.135 e. The molecule has 1 aromatic carbocycles. The van der Waals surface area contributed by atoms with E-state index < -0.39 is 0 Å². The summed E-state index contributed by atoms with van der Waals surface area (Å²) >= 11 is 0. The molecule has 19 heavy (non-hydrogen) atoms. The standard InChI is InChI=1S/C14H13N5/c1-10-13(11-7-16-9-17-8-11)14(15)19(18-10)12-5-3-2-4-6-12/h2-9H,15H2,1H3. The zero-order valence-electron chi connectivity index (χ0n) is 10.5. The highest BCUT2D eigenvalue weighted by atomic mass is 15.3. The fraction of sp³-hybridized carbons (Fsp3) is 0.0714. The number of aryl methyl sites for hydroxylation is 1. The van der Waals surface area contributed by atoms with Crippen molar-refractivity contribution >= 4 is 5.82 Å². The average molecular weight is 251 g/mol. The number of hydrogen-bond donors (Lipinski definition) is 1. The largest absolute Gasteiger partial charge is 0.383 e. The maximum atomic E-state index is 6.21.